The molecule has 2 aromatic carbocycles. The second-order valence-electron chi connectivity index (χ2n) is 12.9. The molecular weight excluding hydrogens is 625 g/mol. The van der Waals surface area contributed by atoms with Crippen LogP contribution in [0.25, 0.3) is 11.3 Å². The summed E-state index contributed by atoms with van der Waals surface area (Å²) in [7, 11) is 0. The highest BCUT2D eigenvalue weighted by atomic mass is 19.1. The summed E-state index contributed by atoms with van der Waals surface area (Å²) in [5.74, 6) is 0.412. The van der Waals surface area contributed by atoms with Gasteiger partial charge in [-0.3, -0.25) is 4.79 Å². The number of nitriles is 1. The van der Waals surface area contributed by atoms with Crippen LogP contribution in [0.2, 0.25) is 0 Å². The van der Waals surface area contributed by atoms with Crippen molar-refractivity contribution in [2.75, 3.05) is 29.0 Å². The summed E-state index contributed by atoms with van der Waals surface area (Å²) in [4.78, 5) is 41.2. The number of nitrogen functional groups attached to an aromatic ring is 1. The van der Waals surface area contributed by atoms with Crippen molar-refractivity contribution < 1.29 is 18.7 Å². The van der Waals surface area contributed by atoms with E-state index in [2.05, 4.69) is 25.9 Å². The third-order valence-corrected chi connectivity index (χ3v) is 7.91. The van der Waals surface area contributed by atoms with E-state index < -0.39 is 23.6 Å². The van der Waals surface area contributed by atoms with Gasteiger partial charge in [0.2, 0.25) is 0 Å². The molecule has 2 aromatic heterocycles. The molecule has 0 bridgehead atoms. The summed E-state index contributed by atoms with van der Waals surface area (Å²) in [6.45, 7) is 8.89. The Morgan fingerprint density at radius 2 is 1.86 bits per heavy atom. The minimum atomic E-state index is -0.583. The summed E-state index contributed by atoms with van der Waals surface area (Å²) in [5, 5.41) is 18.5. The van der Waals surface area contributed by atoms with E-state index in [4.69, 9.17) is 15.5 Å². The number of alkyl carbamates (subject to hydrolysis) is 1. The monoisotopic (exact) mass is 665 g/mol. The number of aromatic nitrogens is 3. The first kappa shape index (κ1) is 34.6. The number of pyridine rings is 1. The van der Waals surface area contributed by atoms with Crippen LogP contribution in [-0.4, -0.2) is 51.7 Å². The zero-order valence-corrected chi connectivity index (χ0v) is 28.0. The number of rotatable bonds is 9. The van der Waals surface area contributed by atoms with Crippen LogP contribution in [-0.2, 0) is 11.3 Å². The van der Waals surface area contributed by atoms with Gasteiger partial charge in [0.15, 0.2) is 11.6 Å². The Kier molecular flexibility index (Phi) is 10.6. The number of piperidine rings is 1. The van der Waals surface area contributed by atoms with Crippen molar-refractivity contribution in [1.82, 2.24) is 25.6 Å². The lowest BCUT2D eigenvalue weighted by Crippen LogP contribution is -2.49. The lowest BCUT2D eigenvalue weighted by atomic mass is 10.1. The normalized spacial score (nSPS) is 15.1. The number of carbonyl (C=O) groups is 2. The third kappa shape index (κ3) is 9.19. The zero-order chi connectivity index (χ0) is 35.1. The zero-order valence-electron chi connectivity index (χ0n) is 28.0. The van der Waals surface area contributed by atoms with Crippen molar-refractivity contribution in [3.63, 3.8) is 0 Å². The largest absolute Gasteiger partial charge is 0.444 e. The van der Waals surface area contributed by atoms with E-state index in [1.807, 2.05) is 56.0 Å². The predicted octanol–water partition coefficient (Wildman–Crippen LogP) is 5.73. The van der Waals surface area contributed by atoms with E-state index in [-0.39, 0.29) is 23.0 Å². The molecule has 13 heteroatoms. The molecule has 0 saturated carbocycles. The quantitative estimate of drug-likeness (QED) is 0.173. The lowest BCUT2D eigenvalue weighted by Gasteiger charge is -2.34. The number of nitrogens with one attached hydrogen (secondary N) is 3. The van der Waals surface area contributed by atoms with Crippen molar-refractivity contribution in [1.29, 1.82) is 5.26 Å². The van der Waals surface area contributed by atoms with E-state index in [0.29, 0.717) is 36.2 Å². The third-order valence-electron chi connectivity index (χ3n) is 7.91. The van der Waals surface area contributed by atoms with Gasteiger partial charge in [-0.1, -0.05) is 36.4 Å². The molecule has 12 nitrogen and oxygen atoms in total. The van der Waals surface area contributed by atoms with Gasteiger partial charge in [-0.05, 0) is 69.9 Å². The van der Waals surface area contributed by atoms with Crippen molar-refractivity contribution in [3.8, 4) is 17.3 Å². The number of carbonyl (C=O) groups excluding carboxylic acids is 2. The molecule has 254 valence electrons. The summed E-state index contributed by atoms with van der Waals surface area (Å²) in [6.07, 6.45) is 4.25. The molecule has 3 heterocycles. The number of anilines is 3. The molecule has 1 aliphatic rings. The van der Waals surface area contributed by atoms with E-state index in [1.54, 1.807) is 25.3 Å². The van der Waals surface area contributed by atoms with Gasteiger partial charge in [-0.25, -0.2) is 24.1 Å². The van der Waals surface area contributed by atoms with Crippen molar-refractivity contribution in [2.45, 2.75) is 64.8 Å². The Balaban J connectivity index is 1.25. The highest BCUT2D eigenvalue weighted by Crippen LogP contribution is 2.27. The standard InChI is InChI=1S/C36H40FN9O3/c1-22(25-11-13-27(37)14-12-25)43-34(47)29-16-24(17-38)19-42-32(29)41-18-23-7-9-26(10-8-23)30-20-40-31(39)33(45-30)46-15-5-6-28(21-46)44-35(48)49-36(2,3)4/h7-14,16,19-20,22,28H,5-6,15,18,21H2,1-4H3,(H2,39,40)(H,41,42)(H,43,47)(H,44,48)/t22-,28?/m0/s1. The molecular formula is C36H40FN9O3. The average molecular weight is 666 g/mol. The van der Waals surface area contributed by atoms with Crippen molar-refractivity contribution >= 4 is 29.5 Å². The first-order valence-electron chi connectivity index (χ1n) is 16.0. The molecule has 0 aliphatic carbocycles. The molecule has 5 N–H and O–H groups in total. The average Bonchev–Trinajstić information content (AvgIpc) is 3.07. The first-order chi connectivity index (χ1) is 23.4. The van der Waals surface area contributed by atoms with Gasteiger partial charge in [0.05, 0.1) is 29.1 Å². The lowest BCUT2D eigenvalue weighted by molar-refractivity contribution is 0.0499. The van der Waals surface area contributed by atoms with E-state index in [1.165, 1.54) is 24.4 Å². The van der Waals surface area contributed by atoms with Gasteiger partial charge < -0.3 is 31.3 Å². The van der Waals surface area contributed by atoms with Gasteiger partial charge >= 0.3 is 6.09 Å². The maximum atomic E-state index is 13.4. The number of hydrogen-bond donors (Lipinski definition) is 4. The Morgan fingerprint density at radius 3 is 2.55 bits per heavy atom. The van der Waals surface area contributed by atoms with Crippen LogP contribution >= 0.6 is 0 Å². The van der Waals surface area contributed by atoms with Crippen LogP contribution in [0.15, 0.2) is 67.0 Å². The fraction of sp³-hybridized carbons (Fsp3) is 0.333. The highest BCUT2D eigenvalue weighted by molar-refractivity contribution is 5.99. The van der Waals surface area contributed by atoms with Crippen molar-refractivity contribution in [2.24, 2.45) is 0 Å². The fourth-order valence-electron chi connectivity index (χ4n) is 5.45. The smallest absolute Gasteiger partial charge is 0.407 e. The summed E-state index contributed by atoms with van der Waals surface area (Å²) in [6, 6.07) is 16.6. The molecule has 49 heavy (non-hydrogen) atoms. The Labute approximate surface area is 284 Å². The number of ether oxygens (including phenoxy) is 1. The molecule has 1 fully saturated rings. The molecule has 0 spiro atoms. The van der Waals surface area contributed by atoms with Crippen molar-refractivity contribution in [3.05, 3.63) is 95.1 Å². The van der Waals surface area contributed by atoms with Gasteiger partial charge in [-0.2, -0.15) is 5.26 Å². The van der Waals surface area contributed by atoms with Crippen LogP contribution < -0.4 is 26.6 Å². The Bertz CT molecular complexity index is 1840. The number of hydrogen-bond acceptors (Lipinski definition) is 10. The molecule has 1 aliphatic heterocycles. The molecule has 0 radical (unpaired) electrons. The number of halogens is 1. The minimum Gasteiger partial charge on any atom is -0.444 e. The molecule has 1 unspecified atom stereocenters. The number of nitrogens with two attached hydrogens (primary N) is 1. The van der Waals surface area contributed by atoms with Crippen LogP contribution in [0, 0.1) is 17.1 Å². The topological polar surface area (TPSA) is 171 Å². The molecule has 2 atom stereocenters. The summed E-state index contributed by atoms with van der Waals surface area (Å²) in [5.41, 5.74) is 9.28. The number of nitrogens with zero attached hydrogens (tertiary/aromatic N) is 5. The number of benzene rings is 2. The predicted molar refractivity (Wildman–Crippen MR) is 185 cm³/mol. The molecule has 1 saturated heterocycles. The maximum Gasteiger partial charge on any atom is 0.407 e. The second kappa shape index (κ2) is 15.0. The first-order valence-corrected chi connectivity index (χ1v) is 16.0. The van der Waals surface area contributed by atoms with Gasteiger partial charge in [0.25, 0.3) is 5.91 Å². The van der Waals surface area contributed by atoms with E-state index in [9.17, 15) is 19.2 Å². The molecule has 4 aromatic rings. The Hall–Kier alpha value is -5.77. The van der Waals surface area contributed by atoms with Crippen LogP contribution in [0.4, 0.5) is 26.6 Å². The van der Waals surface area contributed by atoms with Crippen LogP contribution in [0.5, 0.6) is 0 Å². The molecule has 2 amide bonds. The SMILES string of the molecule is C[C@H](NC(=O)c1cc(C#N)cnc1NCc1ccc(-c2cnc(N)c(N3CCCC(NC(=O)OC(C)(C)C)C3)n2)cc1)c1ccc(F)cc1. The van der Waals surface area contributed by atoms with E-state index in [0.717, 1.165) is 36.1 Å². The van der Waals surface area contributed by atoms with Gasteiger partial charge in [0, 0.05) is 37.4 Å². The minimum absolute atomic E-state index is 0.115. The maximum absolute atomic E-state index is 13.4. The number of amides is 2. The van der Waals surface area contributed by atoms with Gasteiger partial charge in [0.1, 0.15) is 23.3 Å². The van der Waals surface area contributed by atoms with Crippen LogP contribution in [0.1, 0.15) is 73.6 Å². The second-order valence-corrected chi connectivity index (χ2v) is 12.9. The van der Waals surface area contributed by atoms with Gasteiger partial charge in [-0.15, -0.1) is 0 Å². The molecule has 5 rings (SSSR count). The Morgan fingerprint density at radius 1 is 1.12 bits per heavy atom. The summed E-state index contributed by atoms with van der Waals surface area (Å²) >= 11 is 0. The highest BCUT2D eigenvalue weighted by Gasteiger charge is 2.26. The van der Waals surface area contributed by atoms with E-state index >= 15 is 0 Å². The summed E-state index contributed by atoms with van der Waals surface area (Å²) < 4.78 is 18.8. The fourth-order valence-corrected chi connectivity index (χ4v) is 5.45. The van der Waals surface area contributed by atoms with Crippen LogP contribution in [0.3, 0.4) is 0 Å².